The van der Waals surface area contributed by atoms with E-state index in [4.69, 9.17) is 9.47 Å². The van der Waals surface area contributed by atoms with Gasteiger partial charge in [0.25, 0.3) is 5.91 Å². The molecule has 0 radical (unpaired) electrons. The number of nitrogens with one attached hydrogen (secondary N) is 2. The van der Waals surface area contributed by atoms with Gasteiger partial charge in [0.15, 0.2) is 0 Å². The van der Waals surface area contributed by atoms with E-state index >= 15 is 0 Å². The van der Waals surface area contributed by atoms with Crippen molar-refractivity contribution in [2.75, 3.05) is 19.0 Å². The third-order valence-electron chi connectivity index (χ3n) is 6.78. The van der Waals surface area contributed by atoms with Crippen molar-refractivity contribution in [1.82, 2.24) is 10.2 Å². The number of hydrogen-bond acceptors (Lipinski definition) is 5. The van der Waals surface area contributed by atoms with Gasteiger partial charge in [-0.25, -0.2) is 4.79 Å². The maximum atomic E-state index is 14.5. The lowest BCUT2D eigenvalue weighted by molar-refractivity contribution is -0.140. The number of aryl methyl sites for hydroxylation is 2. The van der Waals surface area contributed by atoms with Gasteiger partial charge in [0.05, 0.1) is 7.11 Å². The minimum Gasteiger partial charge on any atom is -0.497 e. The van der Waals surface area contributed by atoms with E-state index in [0.29, 0.717) is 30.0 Å². The first-order chi connectivity index (χ1) is 20.4. The number of carbonyl (C=O) groups is 3. The fourth-order valence-electron chi connectivity index (χ4n) is 4.92. The molecule has 3 amide bonds. The van der Waals surface area contributed by atoms with Gasteiger partial charge in [0.2, 0.25) is 5.91 Å². The topological polar surface area (TPSA) is 97.0 Å². The van der Waals surface area contributed by atoms with Crippen LogP contribution in [0.1, 0.15) is 68.8 Å². The maximum absolute atomic E-state index is 14.5. The Morgan fingerprint density at radius 2 is 1.53 bits per heavy atom. The van der Waals surface area contributed by atoms with Crippen LogP contribution in [-0.2, 0) is 20.7 Å². The van der Waals surface area contributed by atoms with Gasteiger partial charge in [-0.1, -0.05) is 73.0 Å². The average molecular weight is 588 g/mol. The van der Waals surface area contributed by atoms with E-state index in [0.717, 1.165) is 23.1 Å². The highest BCUT2D eigenvalue weighted by atomic mass is 16.6. The van der Waals surface area contributed by atoms with Gasteiger partial charge in [-0.05, 0) is 76.4 Å². The number of anilines is 1. The number of hydrogen-bond donors (Lipinski definition) is 2. The quantitative estimate of drug-likeness (QED) is 0.244. The summed E-state index contributed by atoms with van der Waals surface area (Å²) in [4.78, 5) is 43.2. The molecule has 0 aliphatic rings. The number of amides is 3. The SMILES string of the molecule is CCCCN(C(=O)C(Cc1ccccc1)NC(=O)OC(C)(C)C)C(C(=O)Nc1ccc(OC)cc1)c1cc(C)cc(C)c1. The van der Waals surface area contributed by atoms with Crippen molar-refractivity contribution in [2.45, 2.75) is 78.5 Å². The molecule has 0 heterocycles. The van der Waals surface area contributed by atoms with Gasteiger partial charge < -0.3 is 25.0 Å². The smallest absolute Gasteiger partial charge is 0.408 e. The molecule has 3 aromatic carbocycles. The Morgan fingerprint density at radius 3 is 2.09 bits per heavy atom. The molecule has 0 saturated carbocycles. The second-order valence-corrected chi connectivity index (χ2v) is 11.8. The molecule has 0 bridgehead atoms. The number of unbranched alkanes of at least 4 members (excludes halogenated alkanes) is 1. The van der Waals surface area contributed by atoms with Crippen molar-refractivity contribution in [3.05, 3.63) is 95.1 Å². The summed E-state index contributed by atoms with van der Waals surface area (Å²) in [7, 11) is 1.58. The molecular weight excluding hydrogens is 542 g/mol. The van der Waals surface area contributed by atoms with Gasteiger partial charge in [0, 0.05) is 18.7 Å². The number of alkyl carbamates (subject to hydrolysis) is 1. The molecule has 0 saturated heterocycles. The lowest BCUT2D eigenvalue weighted by Gasteiger charge is -2.35. The van der Waals surface area contributed by atoms with Crippen LogP contribution in [0.4, 0.5) is 10.5 Å². The minimum absolute atomic E-state index is 0.237. The summed E-state index contributed by atoms with van der Waals surface area (Å²) in [5.41, 5.74) is 3.37. The predicted molar refractivity (Wildman–Crippen MR) is 170 cm³/mol. The predicted octanol–water partition coefficient (Wildman–Crippen LogP) is 6.76. The van der Waals surface area contributed by atoms with E-state index in [2.05, 4.69) is 10.6 Å². The standard InChI is InChI=1S/C35H45N3O5/c1-8-9-19-38(33(40)30(23-26-13-11-10-12-14-26)37-34(41)43-35(4,5)6)31(27-21-24(2)20-25(3)22-27)32(39)36-28-15-17-29(42-7)18-16-28/h10-18,20-22,30-31H,8-9,19,23H2,1-7H3,(H,36,39)(H,37,41). The summed E-state index contributed by atoms with van der Waals surface area (Å²) in [5, 5.41) is 5.81. The van der Waals surface area contributed by atoms with Crippen molar-refractivity contribution in [3.63, 3.8) is 0 Å². The van der Waals surface area contributed by atoms with Crippen molar-refractivity contribution >= 4 is 23.6 Å². The molecular formula is C35H45N3O5. The van der Waals surface area contributed by atoms with Crippen molar-refractivity contribution in [2.24, 2.45) is 0 Å². The Morgan fingerprint density at radius 1 is 0.907 bits per heavy atom. The first-order valence-electron chi connectivity index (χ1n) is 14.8. The monoisotopic (exact) mass is 587 g/mol. The van der Waals surface area contributed by atoms with Gasteiger partial charge in [0.1, 0.15) is 23.4 Å². The zero-order valence-electron chi connectivity index (χ0n) is 26.4. The van der Waals surface area contributed by atoms with Crippen LogP contribution >= 0.6 is 0 Å². The summed E-state index contributed by atoms with van der Waals surface area (Å²) < 4.78 is 10.8. The van der Waals surface area contributed by atoms with Crippen molar-refractivity contribution in [3.8, 4) is 5.75 Å². The second-order valence-electron chi connectivity index (χ2n) is 11.8. The molecule has 0 aliphatic heterocycles. The third kappa shape index (κ3) is 10.2. The molecule has 230 valence electrons. The van der Waals surface area contributed by atoms with Crippen LogP contribution in [0.15, 0.2) is 72.8 Å². The van der Waals surface area contributed by atoms with E-state index in [1.54, 1.807) is 57.0 Å². The zero-order valence-corrected chi connectivity index (χ0v) is 26.4. The molecule has 3 rings (SSSR count). The lowest BCUT2D eigenvalue weighted by Crippen LogP contribution is -2.53. The van der Waals surface area contributed by atoms with Gasteiger partial charge in [-0.3, -0.25) is 9.59 Å². The molecule has 2 unspecified atom stereocenters. The number of benzene rings is 3. The highest BCUT2D eigenvalue weighted by Crippen LogP contribution is 2.28. The summed E-state index contributed by atoms with van der Waals surface area (Å²) >= 11 is 0. The van der Waals surface area contributed by atoms with Crippen LogP contribution in [0, 0.1) is 13.8 Å². The molecule has 8 heteroatoms. The third-order valence-corrected chi connectivity index (χ3v) is 6.78. The average Bonchev–Trinajstić information content (AvgIpc) is 2.94. The number of carbonyl (C=O) groups excluding carboxylic acids is 3. The Kier molecular flexibility index (Phi) is 11.8. The van der Waals surface area contributed by atoms with Crippen LogP contribution in [0.2, 0.25) is 0 Å². The summed E-state index contributed by atoms with van der Waals surface area (Å²) in [6.07, 6.45) is 1.03. The molecule has 8 nitrogen and oxygen atoms in total. The first-order valence-corrected chi connectivity index (χ1v) is 14.8. The van der Waals surface area contributed by atoms with E-state index in [9.17, 15) is 14.4 Å². The van der Waals surface area contributed by atoms with E-state index in [-0.39, 0.29) is 18.2 Å². The molecule has 0 aliphatic carbocycles. The fourth-order valence-corrected chi connectivity index (χ4v) is 4.92. The number of ether oxygens (including phenoxy) is 2. The van der Waals surface area contributed by atoms with Crippen molar-refractivity contribution in [1.29, 1.82) is 0 Å². The Labute approximate surface area is 255 Å². The molecule has 2 N–H and O–H groups in total. The van der Waals surface area contributed by atoms with Gasteiger partial charge in [-0.15, -0.1) is 0 Å². The number of rotatable bonds is 12. The van der Waals surface area contributed by atoms with E-state index in [1.807, 2.05) is 69.3 Å². The molecule has 0 spiro atoms. The van der Waals surface area contributed by atoms with Crippen LogP contribution in [0.5, 0.6) is 5.75 Å². The Hall–Kier alpha value is -4.33. The fraction of sp³-hybridized carbons (Fsp3) is 0.400. The zero-order chi connectivity index (χ0) is 31.6. The second kappa shape index (κ2) is 15.2. The summed E-state index contributed by atoms with van der Waals surface area (Å²) in [6, 6.07) is 20.5. The maximum Gasteiger partial charge on any atom is 0.408 e. The van der Waals surface area contributed by atoms with Crippen LogP contribution in [0.3, 0.4) is 0 Å². The van der Waals surface area contributed by atoms with Gasteiger partial charge in [-0.2, -0.15) is 0 Å². The first kappa shape index (κ1) is 33.2. The lowest BCUT2D eigenvalue weighted by atomic mass is 9.97. The molecule has 0 aromatic heterocycles. The highest BCUT2D eigenvalue weighted by Gasteiger charge is 2.36. The van der Waals surface area contributed by atoms with Crippen LogP contribution in [-0.4, -0.2) is 48.1 Å². The Balaban J connectivity index is 2.07. The van der Waals surface area contributed by atoms with Gasteiger partial charge >= 0.3 is 6.09 Å². The number of nitrogens with zero attached hydrogens (tertiary/aromatic N) is 1. The summed E-state index contributed by atoms with van der Waals surface area (Å²) in [5.74, 6) is -0.0480. The van der Waals surface area contributed by atoms with E-state index < -0.39 is 23.8 Å². The highest BCUT2D eigenvalue weighted by molar-refractivity contribution is 5.99. The van der Waals surface area contributed by atoms with Crippen LogP contribution in [0.25, 0.3) is 0 Å². The number of methoxy groups -OCH3 is 1. The molecule has 3 aromatic rings. The normalized spacial score (nSPS) is 12.5. The molecule has 0 fully saturated rings. The molecule has 2 atom stereocenters. The largest absolute Gasteiger partial charge is 0.497 e. The van der Waals surface area contributed by atoms with Crippen LogP contribution < -0.4 is 15.4 Å². The van der Waals surface area contributed by atoms with E-state index in [1.165, 1.54) is 0 Å². The minimum atomic E-state index is -0.962. The molecule has 43 heavy (non-hydrogen) atoms. The van der Waals surface area contributed by atoms with Crippen molar-refractivity contribution < 1.29 is 23.9 Å². The Bertz CT molecular complexity index is 1350. The summed E-state index contributed by atoms with van der Waals surface area (Å²) in [6.45, 7) is 11.6.